The average molecular weight is 190 g/mol. The lowest BCUT2D eigenvalue weighted by Crippen LogP contribution is -2.22. The number of epoxide rings is 1. The van der Waals surface area contributed by atoms with Crippen LogP contribution in [0, 0.1) is 0 Å². The number of hydrogen-bond donors (Lipinski definition) is 0. The molecule has 1 aliphatic rings. The molecule has 0 N–H and O–H groups in total. The molecule has 1 heterocycles. The second-order valence-electron chi connectivity index (χ2n) is 3.37. The minimum Gasteiger partial charge on any atom is -0.487 e. The van der Waals surface area contributed by atoms with Crippen molar-refractivity contribution in [1.82, 2.24) is 0 Å². The molecule has 0 spiro atoms. The maximum Gasteiger partial charge on any atom is 0.130 e. The van der Waals surface area contributed by atoms with Crippen molar-refractivity contribution in [2.45, 2.75) is 18.6 Å². The Balaban J connectivity index is 1.96. The molecule has 1 aliphatic heterocycles. The van der Waals surface area contributed by atoms with Gasteiger partial charge in [-0.1, -0.05) is 24.3 Å². The minimum atomic E-state index is 0.120. The van der Waals surface area contributed by atoms with E-state index in [2.05, 4.69) is 6.58 Å². The largest absolute Gasteiger partial charge is 0.487 e. The maximum atomic E-state index is 5.78. The predicted molar refractivity (Wildman–Crippen MR) is 55.4 cm³/mol. The van der Waals surface area contributed by atoms with Gasteiger partial charge in [-0.3, -0.25) is 0 Å². The van der Waals surface area contributed by atoms with Crippen LogP contribution >= 0.6 is 0 Å². The van der Waals surface area contributed by atoms with Crippen molar-refractivity contribution < 1.29 is 9.47 Å². The molecule has 1 aromatic carbocycles. The molecule has 1 saturated heterocycles. The van der Waals surface area contributed by atoms with E-state index < -0.39 is 0 Å². The number of benzene rings is 1. The summed E-state index contributed by atoms with van der Waals surface area (Å²) in [7, 11) is 0. The number of rotatable bonds is 5. The molecule has 0 bridgehead atoms. The highest BCUT2D eigenvalue weighted by molar-refractivity contribution is 5.21. The van der Waals surface area contributed by atoms with Gasteiger partial charge in [0.15, 0.2) is 0 Å². The Bertz CT molecular complexity index is 290. The molecule has 1 fully saturated rings. The summed E-state index contributed by atoms with van der Waals surface area (Å²) in [6.07, 6.45) is 3.08. The van der Waals surface area contributed by atoms with E-state index in [1.54, 1.807) is 0 Å². The summed E-state index contributed by atoms with van der Waals surface area (Å²) in [6, 6.07) is 9.82. The average Bonchev–Trinajstić information content (AvgIpc) is 3.02. The van der Waals surface area contributed by atoms with Gasteiger partial charge in [-0.2, -0.15) is 0 Å². The Labute approximate surface area is 84.2 Å². The second kappa shape index (κ2) is 4.29. The molecule has 2 unspecified atom stereocenters. The van der Waals surface area contributed by atoms with Gasteiger partial charge in [0, 0.05) is 6.42 Å². The number of hydrogen-bond acceptors (Lipinski definition) is 2. The van der Waals surface area contributed by atoms with Crippen molar-refractivity contribution in [1.29, 1.82) is 0 Å². The van der Waals surface area contributed by atoms with Crippen molar-refractivity contribution in [3.63, 3.8) is 0 Å². The lowest BCUT2D eigenvalue weighted by molar-refractivity contribution is 0.162. The Morgan fingerprint density at radius 2 is 2.21 bits per heavy atom. The third kappa shape index (κ3) is 2.36. The van der Waals surface area contributed by atoms with E-state index in [4.69, 9.17) is 9.47 Å². The zero-order valence-electron chi connectivity index (χ0n) is 8.06. The molecule has 0 amide bonds. The van der Waals surface area contributed by atoms with Crippen LogP contribution in [0.1, 0.15) is 6.42 Å². The Kier molecular flexibility index (Phi) is 2.84. The van der Waals surface area contributed by atoms with Crippen LogP contribution in [0.2, 0.25) is 0 Å². The van der Waals surface area contributed by atoms with Gasteiger partial charge < -0.3 is 9.47 Å². The number of para-hydroxylation sites is 1. The van der Waals surface area contributed by atoms with E-state index in [-0.39, 0.29) is 12.2 Å². The topological polar surface area (TPSA) is 21.8 Å². The molecule has 2 nitrogen and oxygen atoms in total. The van der Waals surface area contributed by atoms with Crippen molar-refractivity contribution in [3.05, 3.63) is 43.0 Å². The smallest absolute Gasteiger partial charge is 0.130 e. The van der Waals surface area contributed by atoms with E-state index in [0.29, 0.717) is 0 Å². The minimum absolute atomic E-state index is 0.120. The van der Waals surface area contributed by atoms with Crippen LogP contribution in [0.3, 0.4) is 0 Å². The molecule has 0 radical (unpaired) electrons. The first-order chi connectivity index (χ1) is 6.90. The molecular formula is C12H14O2. The highest BCUT2D eigenvalue weighted by atomic mass is 16.6. The van der Waals surface area contributed by atoms with Crippen molar-refractivity contribution >= 4 is 0 Å². The van der Waals surface area contributed by atoms with Gasteiger partial charge in [0.1, 0.15) is 18.0 Å². The highest BCUT2D eigenvalue weighted by Crippen LogP contribution is 2.22. The third-order valence-corrected chi connectivity index (χ3v) is 2.20. The van der Waals surface area contributed by atoms with E-state index in [1.165, 1.54) is 0 Å². The van der Waals surface area contributed by atoms with Crippen LogP contribution in [-0.4, -0.2) is 18.8 Å². The van der Waals surface area contributed by atoms with Gasteiger partial charge in [-0.15, -0.1) is 6.58 Å². The lowest BCUT2D eigenvalue weighted by atomic mass is 10.2. The molecule has 74 valence electrons. The first kappa shape index (κ1) is 9.28. The molecule has 2 atom stereocenters. The first-order valence-corrected chi connectivity index (χ1v) is 4.84. The zero-order chi connectivity index (χ0) is 9.80. The number of ether oxygens (including phenoxy) is 2. The van der Waals surface area contributed by atoms with E-state index in [9.17, 15) is 0 Å². The summed E-state index contributed by atoms with van der Waals surface area (Å²) < 4.78 is 11.0. The summed E-state index contributed by atoms with van der Waals surface area (Å²) in [6.45, 7) is 4.53. The van der Waals surface area contributed by atoms with E-state index in [0.717, 1.165) is 18.8 Å². The second-order valence-corrected chi connectivity index (χ2v) is 3.37. The normalized spacial score (nSPS) is 21.3. The van der Waals surface area contributed by atoms with Gasteiger partial charge in [-0.05, 0) is 12.1 Å². The van der Waals surface area contributed by atoms with Crippen LogP contribution < -0.4 is 4.74 Å². The Morgan fingerprint density at radius 1 is 1.50 bits per heavy atom. The van der Waals surface area contributed by atoms with Crippen molar-refractivity contribution in [3.8, 4) is 5.75 Å². The van der Waals surface area contributed by atoms with E-state index in [1.807, 2.05) is 36.4 Å². The molecule has 0 aliphatic carbocycles. The zero-order valence-corrected chi connectivity index (χ0v) is 8.06. The quantitative estimate of drug-likeness (QED) is 0.525. The van der Waals surface area contributed by atoms with Gasteiger partial charge >= 0.3 is 0 Å². The fraction of sp³-hybridized carbons (Fsp3) is 0.333. The Hall–Kier alpha value is -1.28. The van der Waals surface area contributed by atoms with Gasteiger partial charge in [-0.25, -0.2) is 0 Å². The summed E-state index contributed by atoms with van der Waals surface area (Å²) in [4.78, 5) is 0. The van der Waals surface area contributed by atoms with Crippen LogP contribution in [0.5, 0.6) is 5.75 Å². The van der Waals surface area contributed by atoms with Gasteiger partial charge in [0.05, 0.1) is 6.61 Å². The fourth-order valence-corrected chi connectivity index (χ4v) is 1.38. The molecule has 0 aromatic heterocycles. The molecule has 14 heavy (non-hydrogen) atoms. The fourth-order valence-electron chi connectivity index (χ4n) is 1.38. The first-order valence-electron chi connectivity index (χ1n) is 4.84. The molecular weight excluding hydrogens is 176 g/mol. The molecule has 1 aromatic rings. The summed E-state index contributed by atoms with van der Waals surface area (Å²) in [5.41, 5.74) is 0. The van der Waals surface area contributed by atoms with Crippen LogP contribution in [0.25, 0.3) is 0 Å². The van der Waals surface area contributed by atoms with Crippen molar-refractivity contribution in [2.24, 2.45) is 0 Å². The molecule has 0 saturated carbocycles. The van der Waals surface area contributed by atoms with Crippen LogP contribution in [-0.2, 0) is 4.74 Å². The van der Waals surface area contributed by atoms with Crippen LogP contribution in [0.15, 0.2) is 43.0 Å². The monoisotopic (exact) mass is 190 g/mol. The summed E-state index contributed by atoms with van der Waals surface area (Å²) in [5, 5.41) is 0. The lowest BCUT2D eigenvalue weighted by Gasteiger charge is -2.15. The van der Waals surface area contributed by atoms with Gasteiger partial charge in [0.2, 0.25) is 0 Å². The van der Waals surface area contributed by atoms with Gasteiger partial charge in [0.25, 0.3) is 0 Å². The summed E-state index contributed by atoms with van der Waals surface area (Å²) in [5.74, 6) is 0.898. The Morgan fingerprint density at radius 3 is 2.79 bits per heavy atom. The highest BCUT2D eigenvalue weighted by Gasteiger charge is 2.33. The molecule has 2 heteroatoms. The summed E-state index contributed by atoms with van der Waals surface area (Å²) >= 11 is 0. The van der Waals surface area contributed by atoms with Crippen molar-refractivity contribution in [2.75, 3.05) is 6.61 Å². The van der Waals surface area contributed by atoms with Crippen LogP contribution in [0.4, 0.5) is 0 Å². The maximum absolute atomic E-state index is 5.78. The predicted octanol–water partition coefficient (Wildman–Crippen LogP) is 2.41. The molecule has 2 rings (SSSR count). The third-order valence-electron chi connectivity index (χ3n) is 2.20. The standard InChI is InChI=1S/C12H14O2/c1-2-6-11(12-9-13-12)14-10-7-4-3-5-8-10/h2-5,7-8,11-12H,1,6,9H2. The van der Waals surface area contributed by atoms with E-state index >= 15 is 0 Å². The SMILES string of the molecule is C=CCC(Oc1ccccc1)C1CO1.